The van der Waals surface area contributed by atoms with E-state index in [0.29, 0.717) is 73.9 Å². The molecule has 10 rings (SSSR count). The molecule has 19 nitrogen and oxygen atoms in total. The Hall–Kier alpha value is -6.80. The van der Waals surface area contributed by atoms with Crippen LogP contribution in [0.15, 0.2) is 80.0 Å². The number of carbonyl (C=O) groups is 4. The van der Waals surface area contributed by atoms with E-state index in [-0.39, 0.29) is 79.2 Å². The van der Waals surface area contributed by atoms with E-state index >= 15 is 0 Å². The molecule has 4 atom stereocenters. The van der Waals surface area contributed by atoms with Crippen LogP contribution in [0.5, 0.6) is 23.0 Å². The van der Waals surface area contributed by atoms with Gasteiger partial charge < -0.3 is 57.7 Å². The van der Waals surface area contributed by atoms with Gasteiger partial charge in [-0.1, -0.05) is 37.4 Å². The number of carbonyl (C=O) groups excluding carboxylic acids is 4. The molecule has 4 amide bonds. The van der Waals surface area contributed by atoms with Crippen LogP contribution in [-0.4, -0.2) is 167 Å². The average Bonchev–Trinajstić information content (AvgIpc) is 3.76. The number of ether oxygens (including phenoxy) is 8. The van der Waals surface area contributed by atoms with Crippen LogP contribution in [0.1, 0.15) is 85.1 Å². The summed E-state index contributed by atoms with van der Waals surface area (Å²) >= 11 is 0. The average molecular weight is 1050 g/mol. The molecule has 1 spiro atoms. The molecule has 76 heavy (non-hydrogen) atoms. The zero-order valence-electron chi connectivity index (χ0n) is 44.0. The number of nitrogens with zero attached hydrogens (tertiary/aromatic N) is 6. The lowest BCUT2D eigenvalue weighted by atomic mass is 10.0. The topological polar surface area (TPSA) is 182 Å². The van der Waals surface area contributed by atoms with Crippen LogP contribution in [0.2, 0.25) is 0 Å². The number of hydrogen-bond acceptors (Lipinski definition) is 15. The van der Waals surface area contributed by atoms with Gasteiger partial charge in [0.25, 0.3) is 11.8 Å². The molecular weight excluding hydrogens is 977 g/mol. The molecule has 6 aliphatic heterocycles. The Labute approximate surface area is 444 Å². The molecule has 3 saturated heterocycles. The fourth-order valence-corrected chi connectivity index (χ4v) is 11.4. The van der Waals surface area contributed by atoms with Gasteiger partial charge >= 0.3 is 12.2 Å². The monoisotopic (exact) mass is 1050 g/mol. The van der Waals surface area contributed by atoms with Gasteiger partial charge in [0.1, 0.15) is 13.2 Å². The number of methoxy groups -OCH3 is 2. The van der Waals surface area contributed by atoms with E-state index in [2.05, 4.69) is 47.2 Å². The van der Waals surface area contributed by atoms with E-state index in [1.165, 1.54) is 31.3 Å². The predicted octanol–water partition coefficient (Wildman–Crippen LogP) is 7.46. The Bertz CT molecular complexity index is 2740. The first-order valence-electron chi connectivity index (χ1n) is 26.5. The standard InChI is InChI=1S/C57H70N6O13/c1-7-22-73-54(67)61-33-40-26-38(37-12-14-39(15-13-37)59-20-18-58(19-21-59)34-41-35-75-56(3,4)76-41)32-60(40)51(64)42-27-47(69-5)49(29-44(42)61)71-24-10-9-11-25-72-50-30-45-43(28-48(50)70-6)52(65)62-36-57(16-17-57)31-46(62)53(66)63(45)55(68)74-23-8-2/h7-8,12-15,27-30,32,40-41,46,53,66H,1-2,9-11,16-26,31,33-36H2,3-6H3/t40-,41?,46-,53?/m0/s1. The van der Waals surface area contributed by atoms with Crippen molar-refractivity contribution >= 4 is 46.6 Å². The van der Waals surface area contributed by atoms with Gasteiger partial charge in [0, 0.05) is 63.3 Å². The zero-order chi connectivity index (χ0) is 53.3. The summed E-state index contributed by atoms with van der Waals surface area (Å²) in [5.74, 6) is 0.231. The number of unbranched alkanes of at least 4 members (excludes halogenated alkanes) is 2. The van der Waals surface area contributed by atoms with Crippen LogP contribution in [0.25, 0.3) is 5.57 Å². The number of piperazine rings is 1. The zero-order valence-corrected chi connectivity index (χ0v) is 44.0. The minimum Gasteiger partial charge on any atom is -0.493 e. The summed E-state index contributed by atoms with van der Waals surface area (Å²) < 4.78 is 46.8. The number of benzene rings is 3. The number of aliphatic hydroxyl groups excluding tert-OH is 1. The summed E-state index contributed by atoms with van der Waals surface area (Å²) in [7, 11) is 2.99. The summed E-state index contributed by atoms with van der Waals surface area (Å²) in [6.07, 6.45) is 7.14. The van der Waals surface area contributed by atoms with Gasteiger partial charge in [-0.15, -0.1) is 0 Å². The summed E-state index contributed by atoms with van der Waals surface area (Å²) in [6, 6.07) is 14.0. The van der Waals surface area contributed by atoms with Crippen molar-refractivity contribution in [1.29, 1.82) is 0 Å². The van der Waals surface area contributed by atoms with E-state index in [1.807, 2.05) is 20.0 Å². The van der Waals surface area contributed by atoms with Crippen molar-refractivity contribution in [2.75, 3.05) is 108 Å². The SMILES string of the molecule is C=CCOC(=O)N1C[C@@H]2CC(c3ccc(N4CCN(CC5COC(C)(C)O5)CC4)cc3)=CN2C(=O)c2cc(OC)c(OCCCCCOc3cc4c(cc3OC)C(=O)N3CC5(CC5)C[C@H]3C(O)N4C(=O)OCC=C)cc21. The van der Waals surface area contributed by atoms with Gasteiger partial charge in [0.05, 0.1) is 81.3 Å². The summed E-state index contributed by atoms with van der Waals surface area (Å²) in [5.41, 5.74) is 4.13. The lowest BCUT2D eigenvalue weighted by molar-refractivity contribution is -0.140. The summed E-state index contributed by atoms with van der Waals surface area (Å²) in [5, 5.41) is 11.7. The van der Waals surface area contributed by atoms with Crippen molar-refractivity contribution < 1.29 is 62.2 Å². The molecule has 0 aromatic heterocycles. The van der Waals surface area contributed by atoms with E-state index < -0.39 is 30.2 Å². The first kappa shape index (κ1) is 52.6. The van der Waals surface area contributed by atoms with Crippen LogP contribution < -0.4 is 33.6 Å². The Morgan fingerprint density at radius 1 is 0.803 bits per heavy atom. The minimum absolute atomic E-state index is 0.00568. The highest BCUT2D eigenvalue weighted by molar-refractivity contribution is 6.07. The first-order valence-corrected chi connectivity index (χ1v) is 26.5. The largest absolute Gasteiger partial charge is 0.493 e. The van der Waals surface area contributed by atoms with Crippen molar-refractivity contribution in [2.45, 2.75) is 89.0 Å². The molecule has 1 N–H and O–H groups in total. The van der Waals surface area contributed by atoms with E-state index in [9.17, 15) is 24.3 Å². The van der Waals surface area contributed by atoms with Crippen LogP contribution in [0, 0.1) is 5.41 Å². The Balaban J connectivity index is 0.773. The lowest BCUT2D eigenvalue weighted by Gasteiger charge is -2.37. The second kappa shape index (κ2) is 22.0. The predicted molar refractivity (Wildman–Crippen MR) is 283 cm³/mol. The second-order valence-corrected chi connectivity index (χ2v) is 21.1. The third-order valence-electron chi connectivity index (χ3n) is 15.6. The van der Waals surface area contributed by atoms with Gasteiger partial charge in [0.15, 0.2) is 35.0 Å². The molecule has 19 heteroatoms. The molecule has 1 aliphatic carbocycles. The Kier molecular flexibility index (Phi) is 15.3. The Morgan fingerprint density at radius 3 is 2.04 bits per heavy atom. The quantitative estimate of drug-likeness (QED) is 0.0979. The maximum Gasteiger partial charge on any atom is 0.416 e. The van der Waals surface area contributed by atoms with Crippen LogP contribution in [-0.2, 0) is 18.9 Å². The van der Waals surface area contributed by atoms with Crippen molar-refractivity contribution in [2.24, 2.45) is 5.41 Å². The van der Waals surface area contributed by atoms with E-state index in [1.54, 1.807) is 34.1 Å². The molecule has 6 heterocycles. The molecule has 0 radical (unpaired) electrons. The van der Waals surface area contributed by atoms with Crippen molar-refractivity contribution in [3.05, 3.63) is 96.7 Å². The third kappa shape index (κ3) is 10.8. The van der Waals surface area contributed by atoms with Crippen LogP contribution >= 0.6 is 0 Å². The smallest absolute Gasteiger partial charge is 0.416 e. The fourth-order valence-electron chi connectivity index (χ4n) is 11.4. The van der Waals surface area contributed by atoms with Crippen molar-refractivity contribution in [1.82, 2.24) is 14.7 Å². The molecule has 2 unspecified atom stereocenters. The number of rotatable bonds is 18. The number of fused-ring (bicyclic) bond motifs is 4. The highest BCUT2D eigenvalue weighted by atomic mass is 16.7. The molecule has 406 valence electrons. The van der Waals surface area contributed by atoms with Crippen LogP contribution in [0.4, 0.5) is 26.7 Å². The van der Waals surface area contributed by atoms with Gasteiger partial charge in [-0.2, -0.15) is 0 Å². The second-order valence-electron chi connectivity index (χ2n) is 21.1. The number of anilines is 3. The molecule has 7 aliphatic rings. The molecule has 3 aromatic carbocycles. The van der Waals surface area contributed by atoms with Gasteiger partial charge in [-0.25, -0.2) is 14.5 Å². The van der Waals surface area contributed by atoms with Crippen LogP contribution in [0.3, 0.4) is 0 Å². The maximum atomic E-state index is 14.5. The van der Waals surface area contributed by atoms with Gasteiger partial charge in [-0.05, 0) is 99.6 Å². The molecule has 0 bridgehead atoms. The van der Waals surface area contributed by atoms with Crippen molar-refractivity contribution in [3.8, 4) is 23.0 Å². The number of amides is 4. The molecule has 4 fully saturated rings. The highest BCUT2D eigenvalue weighted by Gasteiger charge is 2.58. The number of hydrogen-bond donors (Lipinski definition) is 1. The van der Waals surface area contributed by atoms with E-state index in [0.717, 1.165) is 67.3 Å². The summed E-state index contributed by atoms with van der Waals surface area (Å²) in [6.45, 7) is 17.6. The first-order chi connectivity index (χ1) is 36.7. The lowest BCUT2D eigenvalue weighted by Crippen LogP contribution is -2.50. The minimum atomic E-state index is -1.33. The van der Waals surface area contributed by atoms with E-state index in [4.69, 9.17) is 37.9 Å². The van der Waals surface area contributed by atoms with Crippen molar-refractivity contribution in [3.63, 3.8) is 0 Å². The van der Waals surface area contributed by atoms with Gasteiger partial charge in [-0.3, -0.25) is 19.4 Å². The molecule has 3 aromatic rings. The fraction of sp³-hybridized carbons (Fsp3) is 0.509. The third-order valence-corrected chi connectivity index (χ3v) is 15.6. The van der Waals surface area contributed by atoms with Gasteiger partial charge in [0.2, 0.25) is 0 Å². The Morgan fingerprint density at radius 2 is 1.43 bits per heavy atom. The highest BCUT2D eigenvalue weighted by Crippen LogP contribution is 2.57. The number of aliphatic hydroxyl groups is 1. The molecular formula is C57H70N6O13. The maximum absolute atomic E-state index is 14.5. The normalized spacial score (nSPS) is 23.2. The molecule has 1 saturated carbocycles. The summed E-state index contributed by atoms with van der Waals surface area (Å²) in [4.78, 5) is 66.8.